The number of Topliss-reactive ketones (excluding diaryl/α,β-unsaturated/α-hetero) is 1. The minimum Gasteiger partial charge on any atom is -0.486 e. The van der Waals surface area contributed by atoms with E-state index < -0.39 is 21.7 Å². The van der Waals surface area contributed by atoms with E-state index in [9.17, 15) is 18.0 Å². The van der Waals surface area contributed by atoms with Gasteiger partial charge in [-0.2, -0.15) is 0 Å². The molecule has 1 aliphatic carbocycles. The molecule has 3 aromatic carbocycles. The van der Waals surface area contributed by atoms with E-state index in [1.807, 2.05) is 36.4 Å². The number of hydrogen-bond acceptors (Lipinski definition) is 7. The lowest BCUT2D eigenvalue weighted by molar-refractivity contribution is -0.0200. The van der Waals surface area contributed by atoms with Crippen LogP contribution in [-0.2, 0) is 34.2 Å². The quantitative estimate of drug-likeness (QED) is 0.367. The number of piperidine rings is 1. The molecule has 0 saturated carbocycles. The SMILES string of the molecule is CS(=O)(=O)Nc1ccc2c(c1)C(=O)CC1(CCN([C@@H]3CCc4cc(NC(=O)OCc5ccccc5)ccc4C3)CC1)O2.Cl. The van der Waals surface area contributed by atoms with Gasteiger partial charge in [0.1, 0.15) is 18.0 Å². The first-order chi connectivity index (χ1) is 20.1. The maximum absolute atomic E-state index is 13.1. The summed E-state index contributed by atoms with van der Waals surface area (Å²) in [6.45, 7) is 1.93. The number of likely N-dealkylation sites (tertiary alicyclic amines) is 1. The van der Waals surface area contributed by atoms with Gasteiger partial charge >= 0.3 is 6.09 Å². The van der Waals surface area contributed by atoms with Gasteiger partial charge in [-0.15, -0.1) is 12.4 Å². The van der Waals surface area contributed by atoms with Gasteiger partial charge in [0.05, 0.1) is 18.2 Å². The second-order valence-corrected chi connectivity index (χ2v) is 13.3. The molecule has 6 rings (SSSR count). The number of hydrogen-bond donors (Lipinski definition) is 2. The maximum atomic E-state index is 13.1. The number of aryl methyl sites for hydroxylation is 1. The van der Waals surface area contributed by atoms with E-state index in [2.05, 4.69) is 27.1 Å². The molecule has 0 unspecified atom stereocenters. The molecule has 2 heterocycles. The molecule has 3 aromatic rings. The highest BCUT2D eigenvalue weighted by Crippen LogP contribution is 2.41. The Balaban J connectivity index is 0.00000368. The Hall–Kier alpha value is -3.60. The van der Waals surface area contributed by atoms with Crippen molar-refractivity contribution in [2.75, 3.05) is 29.4 Å². The van der Waals surface area contributed by atoms with Crippen LogP contribution in [-0.4, -0.2) is 56.2 Å². The Labute approximate surface area is 258 Å². The van der Waals surface area contributed by atoms with E-state index in [0.717, 1.165) is 62.7 Å². The Bertz CT molecular complexity index is 1610. The van der Waals surface area contributed by atoms with E-state index in [1.54, 1.807) is 18.2 Å². The number of anilines is 2. The lowest BCUT2D eigenvalue weighted by Gasteiger charge is -2.46. The molecular weight excluding hydrogens is 590 g/mol. The first-order valence-corrected chi connectivity index (χ1v) is 16.2. The third-order valence-corrected chi connectivity index (χ3v) is 9.09. The van der Waals surface area contributed by atoms with Crippen LogP contribution in [0.5, 0.6) is 5.75 Å². The highest BCUT2D eigenvalue weighted by atomic mass is 35.5. The number of amides is 1. The van der Waals surface area contributed by atoms with Crippen LogP contribution in [0.1, 0.15) is 52.7 Å². The molecule has 228 valence electrons. The average molecular weight is 626 g/mol. The second kappa shape index (κ2) is 12.6. The number of sulfonamides is 1. The summed E-state index contributed by atoms with van der Waals surface area (Å²) in [6.07, 6.45) is 5.35. The monoisotopic (exact) mass is 625 g/mol. The van der Waals surface area contributed by atoms with Crippen molar-refractivity contribution in [2.24, 2.45) is 0 Å². The Morgan fingerprint density at radius 1 is 1.02 bits per heavy atom. The first-order valence-electron chi connectivity index (χ1n) is 14.3. The summed E-state index contributed by atoms with van der Waals surface area (Å²) in [4.78, 5) is 27.9. The van der Waals surface area contributed by atoms with Gasteiger partial charge < -0.3 is 9.47 Å². The van der Waals surface area contributed by atoms with Crippen LogP contribution in [0.4, 0.5) is 16.2 Å². The third-order valence-electron chi connectivity index (χ3n) is 8.49. The lowest BCUT2D eigenvalue weighted by atomic mass is 9.80. The zero-order valence-corrected chi connectivity index (χ0v) is 25.6. The van der Waals surface area contributed by atoms with Gasteiger partial charge in [0.15, 0.2) is 5.78 Å². The third kappa shape index (κ3) is 7.31. The number of rotatable bonds is 6. The molecular formula is C32H36ClN3O6S. The standard InChI is InChI=1S/C32H35N3O6S.ClH/c1-42(38,39)34-26-10-12-30-28(19-26)29(36)20-32(41-30)13-15-35(16-14-32)27-11-8-23-17-25(9-7-24(23)18-27)33-31(37)40-21-22-5-3-2-4-6-22;/h2-7,9-10,12,17,19,27,34H,8,11,13-16,18,20-21H2,1H3,(H,33,37);1H/t27-;/m1./s1. The molecule has 1 spiro atoms. The first kappa shape index (κ1) is 30.8. The summed E-state index contributed by atoms with van der Waals surface area (Å²) in [7, 11) is -3.43. The van der Waals surface area contributed by atoms with Gasteiger partial charge in [-0.25, -0.2) is 13.2 Å². The molecule has 1 amide bonds. The minimum absolute atomic E-state index is 0. The van der Waals surface area contributed by atoms with Crippen LogP contribution in [0, 0.1) is 0 Å². The number of nitrogens with zero attached hydrogens (tertiary/aromatic N) is 1. The number of halogens is 1. The maximum Gasteiger partial charge on any atom is 0.411 e. The van der Waals surface area contributed by atoms with Crippen LogP contribution in [0.15, 0.2) is 66.7 Å². The fraction of sp³-hybridized carbons (Fsp3) is 0.375. The molecule has 43 heavy (non-hydrogen) atoms. The van der Waals surface area contributed by atoms with Gasteiger partial charge in [0, 0.05) is 43.3 Å². The van der Waals surface area contributed by atoms with Gasteiger partial charge in [-0.3, -0.25) is 19.7 Å². The summed E-state index contributed by atoms with van der Waals surface area (Å²) < 4.78 is 37.4. The molecule has 2 aliphatic heterocycles. The fourth-order valence-corrected chi connectivity index (χ4v) is 6.90. The number of ketones is 1. The highest BCUT2D eigenvalue weighted by Gasteiger charge is 2.44. The van der Waals surface area contributed by atoms with Crippen molar-refractivity contribution in [3.63, 3.8) is 0 Å². The number of benzene rings is 3. The molecule has 11 heteroatoms. The average Bonchev–Trinajstić information content (AvgIpc) is 2.96. The summed E-state index contributed by atoms with van der Waals surface area (Å²) in [6, 6.07) is 21.0. The molecule has 1 fully saturated rings. The van der Waals surface area contributed by atoms with E-state index in [0.29, 0.717) is 29.5 Å². The van der Waals surface area contributed by atoms with Crippen molar-refractivity contribution in [3.8, 4) is 5.75 Å². The van der Waals surface area contributed by atoms with Crippen molar-refractivity contribution < 1.29 is 27.5 Å². The van der Waals surface area contributed by atoms with Crippen LogP contribution in [0.2, 0.25) is 0 Å². The number of ether oxygens (including phenoxy) is 2. The number of fused-ring (bicyclic) bond motifs is 2. The topological polar surface area (TPSA) is 114 Å². The number of carbonyl (C=O) groups is 2. The Morgan fingerprint density at radius 3 is 2.51 bits per heavy atom. The zero-order chi connectivity index (χ0) is 29.3. The zero-order valence-electron chi connectivity index (χ0n) is 24.0. The molecule has 3 aliphatic rings. The van der Waals surface area contributed by atoms with Crippen molar-refractivity contribution in [1.82, 2.24) is 4.90 Å². The molecule has 9 nitrogen and oxygen atoms in total. The summed E-state index contributed by atoms with van der Waals surface area (Å²) in [5, 5.41) is 2.85. The largest absolute Gasteiger partial charge is 0.486 e. The van der Waals surface area contributed by atoms with Crippen molar-refractivity contribution in [2.45, 2.75) is 56.8 Å². The smallest absolute Gasteiger partial charge is 0.411 e. The fourth-order valence-electron chi connectivity index (χ4n) is 6.35. The molecule has 0 radical (unpaired) electrons. The van der Waals surface area contributed by atoms with E-state index in [-0.39, 0.29) is 24.8 Å². The predicted octanol–water partition coefficient (Wildman–Crippen LogP) is 5.59. The normalized spacial score (nSPS) is 19.3. The predicted molar refractivity (Wildman–Crippen MR) is 168 cm³/mol. The van der Waals surface area contributed by atoms with Crippen molar-refractivity contribution in [1.29, 1.82) is 0 Å². The van der Waals surface area contributed by atoms with Crippen LogP contribution in [0.3, 0.4) is 0 Å². The second-order valence-electron chi connectivity index (χ2n) is 11.6. The number of nitrogens with one attached hydrogen (secondary N) is 2. The van der Waals surface area contributed by atoms with Gasteiger partial charge in [-0.1, -0.05) is 36.4 Å². The Kier molecular flexibility index (Phi) is 9.01. The van der Waals surface area contributed by atoms with Crippen LogP contribution in [0.25, 0.3) is 0 Å². The van der Waals surface area contributed by atoms with Gasteiger partial charge in [-0.05, 0) is 66.3 Å². The van der Waals surface area contributed by atoms with E-state index in [1.165, 1.54) is 11.1 Å². The summed E-state index contributed by atoms with van der Waals surface area (Å²) in [5.41, 5.74) is 4.51. The lowest BCUT2D eigenvalue weighted by Crippen LogP contribution is -2.54. The van der Waals surface area contributed by atoms with Crippen molar-refractivity contribution >= 4 is 45.7 Å². The Morgan fingerprint density at radius 2 is 1.77 bits per heavy atom. The molecule has 2 N–H and O–H groups in total. The molecule has 1 saturated heterocycles. The van der Waals surface area contributed by atoms with E-state index in [4.69, 9.17) is 9.47 Å². The summed E-state index contributed by atoms with van der Waals surface area (Å²) >= 11 is 0. The van der Waals surface area contributed by atoms with E-state index >= 15 is 0 Å². The summed E-state index contributed by atoms with van der Waals surface area (Å²) in [5.74, 6) is 0.514. The molecule has 0 bridgehead atoms. The minimum atomic E-state index is -3.43. The van der Waals surface area contributed by atoms with Gasteiger partial charge in [0.2, 0.25) is 10.0 Å². The molecule has 1 atom stereocenters. The molecule has 0 aromatic heterocycles. The van der Waals surface area contributed by atoms with Crippen molar-refractivity contribution in [3.05, 3.63) is 89.0 Å². The van der Waals surface area contributed by atoms with Crippen LogP contribution < -0.4 is 14.8 Å². The van der Waals surface area contributed by atoms with Crippen LogP contribution >= 0.6 is 12.4 Å². The van der Waals surface area contributed by atoms with Gasteiger partial charge in [0.25, 0.3) is 0 Å². The highest BCUT2D eigenvalue weighted by molar-refractivity contribution is 7.92. The number of carbonyl (C=O) groups excluding carboxylic acids is 2.